The van der Waals surface area contributed by atoms with Gasteiger partial charge in [-0.1, -0.05) is 31.4 Å². The normalized spacial score (nSPS) is 19.6. The molecule has 0 bridgehead atoms. The van der Waals surface area contributed by atoms with Crippen LogP contribution in [0.4, 0.5) is 4.39 Å². The van der Waals surface area contributed by atoms with Crippen LogP contribution in [0.2, 0.25) is 0 Å². The van der Waals surface area contributed by atoms with E-state index in [2.05, 4.69) is 0 Å². The summed E-state index contributed by atoms with van der Waals surface area (Å²) in [6.07, 6.45) is 6.60. The lowest BCUT2D eigenvalue weighted by Gasteiger charge is -2.35. The third kappa shape index (κ3) is 2.62. The molecule has 1 aromatic rings. The summed E-state index contributed by atoms with van der Waals surface area (Å²) in [4.78, 5) is 0. The van der Waals surface area contributed by atoms with Crippen molar-refractivity contribution in [1.29, 1.82) is 0 Å². The quantitative estimate of drug-likeness (QED) is 0.831. The lowest BCUT2D eigenvalue weighted by molar-refractivity contribution is 0.0823. The van der Waals surface area contributed by atoms with Gasteiger partial charge in [0.05, 0.1) is 0 Å². The summed E-state index contributed by atoms with van der Waals surface area (Å²) >= 11 is 0. The predicted molar refractivity (Wildman–Crippen MR) is 62.7 cm³/mol. The summed E-state index contributed by atoms with van der Waals surface area (Å²) in [5.74, 6) is -0.179. The van der Waals surface area contributed by atoms with Crippen LogP contribution < -0.4 is 0 Å². The molecule has 1 aromatic carbocycles. The van der Waals surface area contributed by atoms with Crippen LogP contribution in [-0.4, -0.2) is 11.7 Å². The Balaban J connectivity index is 2.11. The van der Waals surface area contributed by atoms with Crippen molar-refractivity contribution >= 4 is 0 Å². The predicted octanol–water partition coefficient (Wildman–Crippen LogP) is 3.31. The van der Waals surface area contributed by atoms with Gasteiger partial charge in [0.1, 0.15) is 5.82 Å². The fourth-order valence-corrected chi connectivity index (χ4v) is 2.77. The molecule has 0 unspecified atom stereocenters. The molecule has 2 rings (SSSR count). The molecule has 0 radical (unpaired) electrons. The van der Waals surface area contributed by atoms with Gasteiger partial charge >= 0.3 is 0 Å². The van der Waals surface area contributed by atoms with Crippen LogP contribution in [-0.2, 0) is 6.42 Å². The van der Waals surface area contributed by atoms with Crippen molar-refractivity contribution in [2.45, 2.75) is 38.5 Å². The number of aliphatic hydroxyl groups is 1. The van der Waals surface area contributed by atoms with Crippen molar-refractivity contribution < 1.29 is 9.50 Å². The Morgan fingerprint density at radius 1 is 1.19 bits per heavy atom. The number of hydrogen-bond acceptors (Lipinski definition) is 1. The smallest absolute Gasteiger partial charge is 0.123 e. The molecular weight excluding hydrogens is 203 g/mol. The zero-order chi connectivity index (χ0) is 11.4. The van der Waals surface area contributed by atoms with Crippen molar-refractivity contribution in [2.24, 2.45) is 5.41 Å². The first-order valence-corrected chi connectivity index (χ1v) is 6.09. The number of rotatable bonds is 3. The Morgan fingerprint density at radius 3 is 2.56 bits per heavy atom. The highest BCUT2D eigenvalue weighted by Crippen LogP contribution is 2.38. The highest BCUT2D eigenvalue weighted by atomic mass is 19.1. The zero-order valence-corrected chi connectivity index (χ0v) is 9.58. The molecule has 0 aromatic heterocycles. The molecule has 2 heteroatoms. The van der Waals surface area contributed by atoms with Crippen LogP contribution in [0.15, 0.2) is 24.3 Å². The van der Waals surface area contributed by atoms with Crippen molar-refractivity contribution in [1.82, 2.24) is 0 Å². The Labute approximate surface area is 96.3 Å². The van der Waals surface area contributed by atoms with Gasteiger partial charge in [0, 0.05) is 6.61 Å². The van der Waals surface area contributed by atoms with E-state index in [1.165, 1.54) is 25.3 Å². The average Bonchev–Trinajstić information content (AvgIpc) is 2.30. The van der Waals surface area contributed by atoms with E-state index in [0.29, 0.717) is 0 Å². The van der Waals surface area contributed by atoms with E-state index in [1.807, 2.05) is 6.07 Å². The fourth-order valence-electron chi connectivity index (χ4n) is 2.77. The van der Waals surface area contributed by atoms with Crippen LogP contribution in [0.25, 0.3) is 0 Å². The molecule has 88 valence electrons. The van der Waals surface area contributed by atoms with Crippen LogP contribution in [0, 0.1) is 11.2 Å². The van der Waals surface area contributed by atoms with Crippen LogP contribution in [0.1, 0.15) is 37.7 Å². The fraction of sp³-hybridized carbons (Fsp3) is 0.571. The molecule has 0 atom stereocenters. The summed E-state index contributed by atoms with van der Waals surface area (Å²) in [5.41, 5.74) is 1.02. The van der Waals surface area contributed by atoms with Crippen molar-refractivity contribution in [3.8, 4) is 0 Å². The lowest BCUT2D eigenvalue weighted by atomic mass is 9.71. The van der Waals surface area contributed by atoms with E-state index in [9.17, 15) is 9.50 Å². The van der Waals surface area contributed by atoms with Crippen molar-refractivity contribution in [3.05, 3.63) is 35.6 Å². The third-order valence-electron chi connectivity index (χ3n) is 3.72. The molecule has 0 amide bonds. The minimum Gasteiger partial charge on any atom is -0.396 e. The molecule has 1 aliphatic carbocycles. The number of halogens is 1. The molecule has 1 N–H and O–H groups in total. The van der Waals surface area contributed by atoms with Gasteiger partial charge in [-0.15, -0.1) is 0 Å². The molecular formula is C14H19FO. The molecule has 1 nitrogen and oxygen atoms in total. The van der Waals surface area contributed by atoms with E-state index in [0.717, 1.165) is 24.8 Å². The molecule has 0 saturated heterocycles. The van der Waals surface area contributed by atoms with Gasteiger partial charge in [0.2, 0.25) is 0 Å². The van der Waals surface area contributed by atoms with Gasteiger partial charge < -0.3 is 5.11 Å². The first-order valence-electron chi connectivity index (χ1n) is 6.09. The maximum absolute atomic E-state index is 13.1. The SMILES string of the molecule is OCC1(Cc2cccc(F)c2)CCCCC1. The lowest BCUT2D eigenvalue weighted by Crippen LogP contribution is -2.30. The number of aliphatic hydroxyl groups excluding tert-OH is 1. The largest absolute Gasteiger partial charge is 0.396 e. The van der Waals surface area contributed by atoms with Crippen LogP contribution in [0.3, 0.4) is 0 Å². The highest BCUT2D eigenvalue weighted by molar-refractivity contribution is 5.18. The minimum atomic E-state index is -0.179. The monoisotopic (exact) mass is 222 g/mol. The van der Waals surface area contributed by atoms with E-state index in [-0.39, 0.29) is 17.8 Å². The zero-order valence-electron chi connectivity index (χ0n) is 9.58. The van der Waals surface area contributed by atoms with Crippen molar-refractivity contribution in [2.75, 3.05) is 6.61 Å². The molecule has 1 aliphatic rings. The number of hydrogen-bond donors (Lipinski definition) is 1. The Morgan fingerprint density at radius 2 is 1.94 bits per heavy atom. The second-order valence-corrected chi connectivity index (χ2v) is 5.03. The minimum absolute atomic E-state index is 0.00600. The Bertz CT molecular complexity index is 342. The summed E-state index contributed by atoms with van der Waals surface area (Å²) in [7, 11) is 0. The van der Waals surface area contributed by atoms with Crippen LogP contribution >= 0.6 is 0 Å². The molecule has 0 aliphatic heterocycles. The average molecular weight is 222 g/mol. The first-order chi connectivity index (χ1) is 7.74. The molecule has 0 spiro atoms. The van der Waals surface area contributed by atoms with Gasteiger partial charge in [0.25, 0.3) is 0 Å². The highest BCUT2D eigenvalue weighted by Gasteiger charge is 2.31. The summed E-state index contributed by atoms with van der Waals surface area (Å²) < 4.78 is 13.1. The first kappa shape index (κ1) is 11.6. The topological polar surface area (TPSA) is 20.2 Å². The molecule has 0 heterocycles. The van der Waals surface area contributed by atoms with Crippen molar-refractivity contribution in [3.63, 3.8) is 0 Å². The molecule has 1 saturated carbocycles. The summed E-state index contributed by atoms with van der Waals surface area (Å²) in [6.45, 7) is 0.226. The Kier molecular flexibility index (Phi) is 3.59. The third-order valence-corrected chi connectivity index (χ3v) is 3.72. The second-order valence-electron chi connectivity index (χ2n) is 5.03. The number of benzene rings is 1. The van der Waals surface area contributed by atoms with Crippen LogP contribution in [0.5, 0.6) is 0 Å². The summed E-state index contributed by atoms with van der Waals surface area (Å²) in [6, 6.07) is 6.76. The van der Waals surface area contributed by atoms with E-state index in [4.69, 9.17) is 0 Å². The van der Waals surface area contributed by atoms with Gasteiger partial charge in [-0.05, 0) is 42.4 Å². The maximum Gasteiger partial charge on any atom is 0.123 e. The molecule has 16 heavy (non-hydrogen) atoms. The van der Waals surface area contributed by atoms with Gasteiger partial charge in [0.15, 0.2) is 0 Å². The van der Waals surface area contributed by atoms with E-state index in [1.54, 1.807) is 12.1 Å². The molecule has 1 fully saturated rings. The van der Waals surface area contributed by atoms with Gasteiger partial charge in [-0.3, -0.25) is 0 Å². The Hall–Kier alpha value is -0.890. The second kappa shape index (κ2) is 4.96. The van der Waals surface area contributed by atoms with Gasteiger partial charge in [-0.2, -0.15) is 0 Å². The maximum atomic E-state index is 13.1. The van der Waals surface area contributed by atoms with E-state index >= 15 is 0 Å². The van der Waals surface area contributed by atoms with Gasteiger partial charge in [-0.25, -0.2) is 4.39 Å². The summed E-state index contributed by atoms with van der Waals surface area (Å²) in [5, 5.41) is 9.58. The standard InChI is InChI=1S/C14H19FO/c15-13-6-4-5-12(9-13)10-14(11-16)7-2-1-3-8-14/h4-6,9,16H,1-3,7-8,10-11H2. The van der Waals surface area contributed by atoms with E-state index < -0.39 is 0 Å².